The van der Waals surface area contributed by atoms with Crippen molar-refractivity contribution < 1.29 is 19.1 Å². The van der Waals surface area contributed by atoms with E-state index in [2.05, 4.69) is 29.8 Å². The number of amides is 3. The minimum absolute atomic E-state index is 0.0105. The summed E-state index contributed by atoms with van der Waals surface area (Å²) in [4.78, 5) is 38.1. The average molecular weight is 400 g/mol. The van der Waals surface area contributed by atoms with Gasteiger partial charge in [-0.15, -0.1) is 0 Å². The molecule has 3 aliphatic rings. The van der Waals surface area contributed by atoms with Gasteiger partial charge in [0.05, 0.1) is 12.7 Å². The van der Waals surface area contributed by atoms with Crippen LogP contribution in [0.2, 0.25) is 0 Å². The van der Waals surface area contributed by atoms with Crippen molar-refractivity contribution in [2.75, 3.05) is 19.7 Å². The maximum Gasteiger partial charge on any atom is 0.255 e. The van der Waals surface area contributed by atoms with Gasteiger partial charge in [0.2, 0.25) is 11.8 Å². The van der Waals surface area contributed by atoms with Crippen LogP contribution in [0.1, 0.15) is 48.2 Å². The lowest BCUT2D eigenvalue weighted by Gasteiger charge is -2.36. The van der Waals surface area contributed by atoms with Crippen LogP contribution in [-0.2, 0) is 27.4 Å². The van der Waals surface area contributed by atoms with Gasteiger partial charge in [-0.25, -0.2) is 0 Å². The molecule has 0 saturated carbocycles. The first kappa shape index (κ1) is 20.0. The van der Waals surface area contributed by atoms with Crippen LogP contribution < -0.4 is 16.0 Å². The standard InChI is InChI=1S/C21H28N4O4/c1-21(2)12-29-14(10-23-21)9-22-8-13-4-3-5-15-16(13)11-25(20(15)28)17-6-7-18(26)24-19(17)27/h3-5,14,17,22-23H,6-12H2,1-2H3,(H,24,26,27). The Kier molecular flexibility index (Phi) is 5.42. The molecule has 1 aromatic carbocycles. The van der Waals surface area contributed by atoms with Crippen molar-refractivity contribution >= 4 is 17.7 Å². The second-order valence-electron chi connectivity index (χ2n) is 8.67. The smallest absolute Gasteiger partial charge is 0.255 e. The van der Waals surface area contributed by atoms with Crippen LogP contribution in [0.15, 0.2) is 18.2 Å². The molecule has 0 aromatic heterocycles. The Bertz CT molecular complexity index is 828. The maximum absolute atomic E-state index is 12.9. The van der Waals surface area contributed by atoms with Gasteiger partial charge in [0.15, 0.2) is 0 Å². The summed E-state index contributed by atoms with van der Waals surface area (Å²) in [6.45, 7) is 7.46. The summed E-state index contributed by atoms with van der Waals surface area (Å²) in [5.41, 5.74) is 2.66. The van der Waals surface area contributed by atoms with Crippen LogP contribution in [-0.4, -0.2) is 60.0 Å². The number of imide groups is 1. The van der Waals surface area contributed by atoms with Crippen LogP contribution in [0.5, 0.6) is 0 Å². The van der Waals surface area contributed by atoms with Crippen molar-refractivity contribution in [3.05, 3.63) is 34.9 Å². The summed E-state index contributed by atoms with van der Waals surface area (Å²) >= 11 is 0. The Morgan fingerprint density at radius 1 is 1.28 bits per heavy atom. The van der Waals surface area contributed by atoms with Crippen molar-refractivity contribution in [3.8, 4) is 0 Å². The molecule has 0 spiro atoms. The molecule has 2 saturated heterocycles. The molecule has 0 radical (unpaired) electrons. The Morgan fingerprint density at radius 3 is 2.83 bits per heavy atom. The molecule has 8 heteroatoms. The zero-order valence-electron chi connectivity index (χ0n) is 16.9. The predicted octanol–water partition coefficient (Wildman–Crippen LogP) is 0.304. The highest BCUT2D eigenvalue weighted by Gasteiger charge is 2.39. The molecule has 1 aromatic rings. The predicted molar refractivity (Wildman–Crippen MR) is 106 cm³/mol. The van der Waals surface area contributed by atoms with E-state index in [4.69, 9.17) is 4.74 Å². The van der Waals surface area contributed by atoms with Gasteiger partial charge < -0.3 is 20.3 Å². The number of benzene rings is 1. The summed E-state index contributed by atoms with van der Waals surface area (Å²) in [6, 6.07) is 5.11. The van der Waals surface area contributed by atoms with E-state index in [0.717, 1.165) is 24.2 Å². The van der Waals surface area contributed by atoms with Gasteiger partial charge >= 0.3 is 0 Å². The van der Waals surface area contributed by atoms with E-state index in [-0.39, 0.29) is 35.8 Å². The number of morpholine rings is 1. The largest absolute Gasteiger partial charge is 0.374 e. The SMILES string of the molecule is CC1(C)COC(CNCc2cccc3c2CN(C2CCC(=O)NC2=O)C3=O)CN1. The third kappa shape index (κ3) is 4.19. The summed E-state index contributed by atoms with van der Waals surface area (Å²) in [7, 11) is 0. The fraction of sp³-hybridized carbons (Fsp3) is 0.571. The van der Waals surface area contributed by atoms with Gasteiger partial charge in [-0.3, -0.25) is 19.7 Å². The minimum atomic E-state index is -0.585. The van der Waals surface area contributed by atoms with Gasteiger partial charge in [-0.1, -0.05) is 12.1 Å². The number of nitrogens with one attached hydrogen (secondary N) is 3. The topological polar surface area (TPSA) is 99.8 Å². The number of hydrogen-bond acceptors (Lipinski definition) is 6. The van der Waals surface area contributed by atoms with Crippen LogP contribution in [0.25, 0.3) is 0 Å². The Labute approximate surface area is 170 Å². The lowest BCUT2D eigenvalue weighted by molar-refractivity contribution is -0.136. The van der Waals surface area contributed by atoms with E-state index >= 15 is 0 Å². The highest BCUT2D eigenvalue weighted by molar-refractivity contribution is 6.05. The number of carbonyl (C=O) groups excluding carboxylic acids is 3. The number of hydrogen-bond donors (Lipinski definition) is 3. The fourth-order valence-corrected chi connectivity index (χ4v) is 4.14. The molecule has 3 N–H and O–H groups in total. The second kappa shape index (κ2) is 7.85. The van der Waals surface area contributed by atoms with Crippen LogP contribution >= 0.6 is 0 Å². The first-order valence-corrected chi connectivity index (χ1v) is 10.2. The summed E-state index contributed by atoms with van der Waals surface area (Å²) in [5, 5.41) is 9.25. The van der Waals surface area contributed by atoms with E-state index in [1.807, 2.05) is 18.2 Å². The van der Waals surface area contributed by atoms with Gasteiger partial charge in [-0.2, -0.15) is 0 Å². The van der Waals surface area contributed by atoms with E-state index in [1.54, 1.807) is 4.90 Å². The van der Waals surface area contributed by atoms with Gasteiger partial charge in [0.1, 0.15) is 6.04 Å². The number of nitrogens with zero attached hydrogens (tertiary/aromatic N) is 1. The van der Waals surface area contributed by atoms with Crippen LogP contribution in [0.3, 0.4) is 0 Å². The monoisotopic (exact) mass is 400 g/mol. The van der Waals surface area contributed by atoms with E-state index in [1.165, 1.54) is 0 Å². The van der Waals surface area contributed by atoms with Gasteiger partial charge in [-0.05, 0) is 37.5 Å². The molecule has 156 valence electrons. The molecule has 2 unspecified atom stereocenters. The molecule has 0 aliphatic carbocycles. The quantitative estimate of drug-likeness (QED) is 0.615. The maximum atomic E-state index is 12.9. The third-order valence-electron chi connectivity index (χ3n) is 5.85. The highest BCUT2D eigenvalue weighted by Crippen LogP contribution is 2.29. The van der Waals surface area contributed by atoms with E-state index in [0.29, 0.717) is 31.7 Å². The van der Waals surface area contributed by atoms with Crippen LogP contribution in [0.4, 0.5) is 0 Å². The number of piperidine rings is 1. The van der Waals surface area contributed by atoms with Crippen molar-refractivity contribution in [2.45, 2.75) is 57.5 Å². The third-order valence-corrected chi connectivity index (χ3v) is 5.85. The lowest BCUT2D eigenvalue weighted by atomic mass is 10.0. The lowest BCUT2D eigenvalue weighted by Crippen LogP contribution is -2.55. The highest BCUT2D eigenvalue weighted by atomic mass is 16.5. The number of fused-ring (bicyclic) bond motifs is 1. The molecule has 29 heavy (non-hydrogen) atoms. The Balaban J connectivity index is 1.38. The molecule has 4 rings (SSSR count). The van der Waals surface area contributed by atoms with Crippen molar-refractivity contribution in [1.29, 1.82) is 0 Å². The zero-order chi connectivity index (χ0) is 20.6. The number of carbonyl (C=O) groups is 3. The van der Waals surface area contributed by atoms with E-state index in [9.17, 15) is 14.4 Å². The number of rotatable bonds is 5. The molecule has 2 atom stereocenters. The van der Waals surface area contributed by atoms with Crippen molar-refractivity contribution in [1.82, 2.24) is 20.9 Å². The molecule has 3 aliphatic heterocycles. The molecule has 8 nitrogen and oxygen atoms in total. The molecule has 0 bridgehead atoms. The van der Waals surface area contributed by atoms with Crippen molar-refractivity contribution in [2.24, 2.45) is 0 Å². The average Bonchev–Trinajstić information content (AvgIpc) is 3.01. The molecular formula is C21H28N4O4. The summed E-state index contributed by atoms with van der Waals surface area (Å²) in [5.74, 6) is -0.798. The van der Waals surface area contributed by atoms with Gasteiger partial charge in [0.25, 0.3) is 5.91 Å². The van der Waals surface area contributed by atoms with Crippen LogP contribution in [0, 0.1) is 0 Å². The van der Waals surface area contributed by atoms with Gasteiger partial charge in [0, 0.05) is 43.7 Å². The second-order valence-corrected chi connectivity index (χ2v) is 8.67. The fourth-order valence-electron chi connectivity index (χ4n) is 4.14. The Hall–Kier alpha value is -2.29. The first-order chi connectivity index (χ1) is 13.8. The molecule has 2 fully saturated rings. The van der Waals surface area contributed by atoms with E-state index < -0.39 is 6.04 Å². The summed E-state index contributed by atoms with van der Waals surface area (Å²) in [6.07, 6.45) is 0.749. The molecular weight excluding hydrogens is 372 g/mol. The number of ether oxygens (including phenoxy) is 1. The summed E-state index contributed by atoms with van der Waals surface area (Å²) < 4.78 is 5.90. The first-order valence-electron chi connectivity index (χ1n) is 10.2. The molecule has 3 amide bonds. The molecule has 3 heterocycles. The Morgan fingerprint density at radius 2 is 2.10 bits per heavy atom. The van der Waals surface area contributed by atoms with Crippen molar-refractivity contribution in [3.63, 3.8) is 0 Å². The zero-order valence-corrected chi connectivity index (χ0v) is 16.9. The normalized spacial score (nSPS) is 26.4. The minimum Gasteiger partial charge on any atom is -0.374 e.